The van der Waals surface area contributed by atoms with Gasteiger partial charge in [-0.3, -0.25) is 0 Å². The Hall–Kier alpha value is -1.54. The van der Waals surface area contributed by atoms with Crippen LogP contribution in [0.4, 0.5) is 4.39 Å². The van der Waals surface area contributed by atoms with Crippen molar-refractivity contribution in [3.05, 3.63) is 64.4 Å². The van der Waals surface area contributed by atoms with Gasteiger partial charge >= 0.3 is 0 Å². The Morgan fingerprint density at radius 3 is 2.45 bits per heavy atom. The zero-order valence-corrected chi connectivity index (χ0v) is 12.7. The van der Waals surface area contributed by atoms with Gasteiger partial charge in [0.1, 0.15) is 18.2 Å². The van der Waals surface area contributed by atoms with Gasteiger partial charge in [-0.2, -0.15) is 0 Å². The number of benzene rings is 2. The minimum Gasteiger partial charge on any atom is -0.489 e. The third kappa shape index (κ3) is 3.51. The van der Waals surface area contributed by atoms with Crippen LogP contribution < -0.4 is 4.74 Å². The molecule has 3 heteroatoms. The van der Waals surface area contributed by atoms with Gasteiger partial charge in [0.15, 0.2) is 0 Å². The number of rotatable bonds is 3. The molecule has 0 unspecified atom stereocenters. The summed E-state index contributed by atoms with van der Waals surface area (Å²) in [4.78, 5) is 0. The van der Waals surface area contributed by atoms with Crippen molar-refractivity contribution >= 4 is 11.6 Å². The Balaban J connectivity index is 2.19. The van der Waals surface area contributed by atoms with Crippen LogP contribution in [-0.4, -0.2) is 0 Å². The van der Waals surface area contributed by atoms with Gasteiger partial charge in [0.2, 0.25) is 0 Å². The van der Waals surface area contributed by atoms with Gasteiger partial charge < -0.3 is 4.74 Å². The predicted molar refractivity (Wildman–Crippen MR) is 80.9 cm³/mol. The lowest BCUT2D eigenvalue weighted by Gasteiger charge is -2.22. The molecule has 0 atom stereocenters. The molecule has 0 spiro atoms. The fraction of sp³-hybridized carbons (Fsp3) is 0.294. The average Bonchev–Trinajstić information content (AvgIpc) is 2.37. The van der Waals surface area contributed by atoms with E-state index in [0.29, 0.717) is 11.6 Å². The molecule has 0 aliphatic carbocycles. The molecular weight excluding hydrogens is 275 g/mol. The minimum absolute atomic E-state index is 0.00316. The number of hydrogen-bond acceptors (Lipinski definition) is 1. The van der Waals surface area contributed by atoms with Crippen molar-refractivity contribution in [3.63, 3.8) is 0 Å². The van der Waals surface area contributed by atoms with Gasteiger partial charge in [-0.1, -0.05) is 56.6 Å². The zero-order valence-electron chi connectivity index (χ0n) is 11.9. The quantitative estimate of drug-likeness (QED) is 0.740. The highest BCUT2D eigenvalue weighted by atomic mass is 35.5. The smallest absolute Gasteiger partial charge is 0.124 e. The van der Waals surface area contributed by atoms with E-state index in [4.69, 9.17) is 16.3 Å². The maximum Gasteiger partial charge on any atom is 0.124 e. The summed E-state index contributed by atoms with van der Waals surface area (Å²) in [5.74, 6) is 0.495. The third-order valence-corrected chi connectivity index (χ3v) is 3.45. The molecule has 0 saturated heterocycles. The maximum absolute atomic E-state index is 13.0. The van der Waals surface area contributed by atoms with Crippen LogP contribution in [0.25, 0.3) is 0 Å². The zero-order chi connectivity index (χ0) is 14.8. The van der Waals surface area contributed by atoms with Crippen LogP contribution in [0.5, 0.6) is 5.75 Å². The lowest BCUT2D eigenvalue weighted by atomic mass is 9.86. The Bertz CT molecular complexity index is 602. The summed E-state index contributed by atoms with van der Waals surface area (Å²) in [7, 11) is 0. The fourth-order valence-corrected chi connectivity index (χ4v) is 2.23. The summed E-state index contributed by atoms with van der Waals surface area (Å²) in [5, 5.41) is 0.387. The van der Waals surface area contributed by atoms with Gasteiger partial charge in [-0.05, 0) is 29.2 Å². The summed E-state index contributed by atoms with van der Waals surface area (Å²) in [5.41, 5.74) is 1.92. The van der Waals surface area contributed by atoms with Crippen LogP contribution in [0.1, 0.15) is 31.9 Å². The predicted octanol–water partition coefficient (Wildman–Crippen LogP) is 5.36. The molecule has 2 aromatic rings. The van der Waals surface area contributed by atoms with E-state index in [-0.39, 0.29) is 11.2 Å². The summed E-state index contributed by atoms with van der Waals surface area (Å²) in [6, 6.07) is 12.3. The van der Waals surface area contributed by atoms with Gasteiger partial charge in [0.25, 0.3) is 0 Å². The lowest BCUT2D eigenvalue weighted by molar-refractivity contribution is 0.297. The molecule has 0 aromatic heterocycles. The van der Waals surface area contributed by atoms with Gasteiger partial charge in [0.05, 0.1) is 5.02 Å². The number of para-hydroxylation sites is 1. The topological polar surface area (TPSA) is 9.23 Å². The first-order valence-electron chi connectivity index (χ1n) is 6.54. The highest BCUT2D eigenvalue weighted by Gasteiger charge is 2.18. The molecular formula is C17H18ClFO. The first kappa shape index (κ1) is 14.9. The number of hydrogen-bond donors (Lipinski definition) is 0. The van der Waals surface area contributed by atoms with Crippen LogP contribution in [-0.2, 0) is 12.0 Å². The molecule has 2 rings (SSSR count). The van der Waals surface area contributed by atoms with Crippen LogP contribution in [0.3, 0.4) is 0 Å². The molecule has 0 aliphatic heterocycles. The largest absolute Gasteiger partial charge is 0.489 e. The van der Waals surface area contributed by atoms with Gasteiger partial charge in [-0.25, -0.2) is 4.39 Å². The van der Waals surface area contributed by atoms with Crippen molar-refractivity contribution in [1.29, 1.82) is 0 Å². The standard InChI is InChI=1S/C17H18ClFO/c1-17(2,3)14-6-4-5-7-16(14)20-11-12-8-9-13(19)10-15(12)18/h4-10H,11H2,1-3H3. The first-order valence-corrected chi connectivity index (χ1v) is 6.92. The molecule has 1 nitrogen and oxygen atoms in total. The van der Waals surface area contributed by atoms with E-state index in [1.165, 1.54) is 12.1 Å². The maximum atomic E-state index is 13.0. The number of halogens is 2. The lowest BCUT2D eigenvalue weighted by Crippen LogP contribution is -2.13. The van der Waals surface area contributed by atoms with E-state index in [9.17, 15) is 4.39 Å². The third-order valence-electron chi connectivity index (χ3n) is 3.09. The monoisotopic (exact) mass is 292 g/mol. The fourth-order valence-electron chi connectivity index (χ4n) is 2.01. The Labute approximate surface area is 124 Å². The van der Waals surface area contributed by atoms with E-state index in [1.54, 1.807) is 6.07 Å². The first-order chi connectivity index (χ1) is 9.38. The van der Waals surface area contributed by atoms with Crippen LogP contribution >= 0.6 is 11.6 Å². The van der Waals surface area contributed by atoms with Crippen LogP contribution in [0.2, 0.25) is 5.02 Å². The second-order valence-electron chi connectivity index (χ2n) is 5.77. The van der Waals surface area contributed by atoms with Crippen LogP contribution in [0.15, 0.2) is 42.5 Å². The molecule has 0 aliphatic rings. The van der Waals surface area contributed by atoms with E-state index >= 15 is 0 Å². The number of ether oxygens (including phenoxy) is 1. The van der Waals surface area contributed by atoms with E-state index < -0.39 is 0 Å². The van der Waals surface area contributed by atoms with E-state index in [2.05, 4.69) is 26.8 Å². The summed E-state index contributed by atoms with van der Waals surface area (Å²) in [6.07, 6.45) is 0. The Morgan fingerprint density at radius 2 is 1.80 bits per heavy atom. The second kappa shape index (κ2) is 5.84. The van der Waals surface area contributed by atoms with Crippen molar-refractivity contribution < 1.29 is 9.13 Å². The summed E-state index contributed by atoms with van der Waals surface area (Å²) >= 11 is 6.01. The molecule has 0 saturated carbocycles. The van der Waals surface area contributed by atoms with Crippen molar-refractivity contribution in [2.45, 2.75) is 32.8 Å². The highest BCUT2D eigenvalue weighted by molar-refractivity contribution is 6.31. The molecule has 0 N–H and O–H groups in total. The normalized spacial score (nSPS) is 11.4. The molecule has 0 fully saturated rings. The average molecular weight is 293 g/mol. The molecule has 0 radical (unpaired) electrons. The Kier molecular flexibility index (Phi) is 4.34. The minimum atomic E-state index is -0.339. The molecule has 20 heavy (non-hydrogen) atoms. The van der Waals surface area contributed by atoms with Crippen molar-refractivity contribution in [2.24, 2.45) is 0 Å². The Morgan fingerprint density at radius 1 is 1.10 bits per heavy atom. The molecule has 106 valence electrons. The van der Waals surface area contributed by atoms with Crippen molar-refractivity contribution in [3.8, 4) is 5.75 Å². The molecule has 0 amide bonds. The molecule has 0 bridgehead atoms. The highest BCUT2D eigenvalue weighted by Crippen LogP contribution is 2.31. The van der Waals surface area contributed by atoms with E-state index in [0.717, 1.165) is 16.9 Å². The van der Waals surface area contributed by atoms with E-state index in [1.807, 2.05) is 18.2 Å². The van der Waals surface area contributed by atoms with Crippen LogP contribution in [0, 0.1) is 5.82 Å². The summed E-state index contributed by atoms with van der Waals surface area (Å²) in [6.45, 7) is 6.74. The van der Waals surface area contributed by atoms with Gasteiger partial charge in [0, 0.05) is 5.56 Å². The molecule has 2 aromatic carbocycles. The SMILES string of the molecule is CC(C)(C)c1ccccc1OCc1ccc(F)cc1Cl. The van der Waals surface area contributed by atoms with Crippen molar-refractivity contribution in [1.82, 2.24) is 0 Å². The second-order valence-corrected chi connectivity index (χ2v) is 6.18. The van der Waals surface area contributed by atoms with Gasteiger partial charge in [-0.15, -0.1) is 0 Å². The molecule has 0 heterocycles. The van der Waals surface area contributed by atoms with Crippen molar-refractivity contribution in [2.75, 3.05) is 0 Å². The summed E-state index contributed by atoms with van der Waals surface area (Å²) < 4.78 is 18.9.